The molecule has 0 spiro atoms. The molecule has 1 aromatic heterocycles. The summed E-state index contributed by atoms with van der Waals surface area (Å²) in [5, 5.41) is 31.9. The van der Waals surface area contributed by atoms with E-state index in [2.05, 4.69) is 21.3 Å². The molecule has 17 nitrogen and oxygen atoms in total. The number of halogens is 1. The molecular weight excluding hydrogens is 924 g/mol. The third-order valence-electron chi connectivity index (χ3n) is 12.1. The Bertz CT molecular complexity index is 2960. The van der Waals surface area contributed by atoms with Crippen molar-refractivity contribution in [3.8, 4) is 16.2 Å². The first kappa shape index (κ1) is 47.0. The minimum atomic E-state index is -3.81. The van der Waals surface area contributed by atoms with Crippen LogP contribution in [0.4, 0.5) is 21.9 Å². The molecule has 0 radical (unpaired) electrons. The van der Waals surface area contributed by atoms with Gasteiger partial charge in [-0.05, 0) is 104 Å². The molecule has 2 atom stereocenters. The second-order valence-electron chi connectivity index (χ2n) is 17.2. The average Bonchev–Trinajstić information content (AvgIpc) is 3.75. The molecule has 20 heteroatoms. The summed E-state index contributed by atoms with van der Waals surface area (Å²) >= 11 is 7.39. The lowest BCUT2D eigenvalue weighted by atomic mass is 9.89. The van der Waals surface area contributed by atoms with E-state index < -0.39 is 52.1 Å². The number of carboxylic acids is 2. The third-order valence-corrected chi connectivity index (χ3v) is 15.8. The highest BCUT2D eigenvalue weighted by molar-refractivity contribution is 7.88. The van der Waals surface area contributed by atoms with Crippen LogP contribution in [0.25, 0.3) is 21.2 Å². The van der Waals surface area contributed by atoms with Crippen LogP contribution in [-0.2, 0) is 36.6 Å². The zero-order valence-corrected chi connectivity index (χ0v) is 38.8. The van der Waals surface area contributed by atoms with Crippen molar-refractivity contribution in [2.45, 2.75) is 75.7 Å². The Balaban J connectivity index is 0.839. The number of aromatic carboxylic acids is 1. The van der Waals surface area contributed by atoms with Crippen LogP contribution in [0.2, 0.25) is 5.02 Å². The van der Waals surface area contributed by atoms with Crippen LogP contribution in [0.15, 0.2) is 78.9 Å². The molecule has 0 saturated carbocycles. The van der Waals surface area contributed by atoms with Crippen molar-refractivity contribution in [3.63, 3.8) is 0 Å². The van der Waals surface area contributed by atoms with Crippen molar-refractivity contribution >= 4 is 96.5 Å². The van der Waals surface area contributed by atoms with Crippen LogP contribution in [0, 0.1) is 0 Å². The van der Waals surface area contributed by atoms with E-state index in [0.29, 0.717) is 70.9 Å². The molecule has 2 fully saturated rings. The van der Waals surface area contributed by atoms with Gasteiger partial charge in [-0.1, -0.05) is 54.1 Å². The van der Waals surface area contributed by atoms with Gasteiger partial charge in [0, 0.05) is 53.4 Å². The minimum Gasteiger partial charge on any atom is -0.479 e. The summed E-state index contributed by atoms with van der Waals surface area (Å²) in [5.74, 6) is -4.19. The number of imide groups is 1. The molecule has 5 aromatic rings. The van der Waals surface area contributed by atoms with Crippen molar-refractivity contribution in [2.75, 3.05) is 35.2 Å². The summed E-state index contributed by atoms with van der Waals surface area (Å²) in [6.45, 7) is 3.57. The van der Waals surface area contributed by atoms with Gasteiger partial charge in [0.15, 0.2) is 17.2 Å². The molecular formula is C47H47ClN6O11S2. The SMILES string of the molecule is CC1(C)C[C@@H](Nc2cccc(-c3sc(C(=O)O)c(OCC(=O)O)c3Cl)c2)CCN1S(=O)(=O)Cc1cccc(NC(=O)NCCCc2ccc3c4c(cccc24)N(C2CCC(=O)NC2=O)C3=O)c1. The van der Waals surface area contributed by atoms with E-state index in [9.17, 15) is 42.3 Å². The lowest BCUT2D eigenvalue weighted by molar-refractivity contribution is -0.139. The minimum absolute atomic E-state index is 0.00620. The predicted molar refractivity (Wildman–Crippen MR) is 254 cm³/mol. The highest BCUT2D eigenvalue weighted by Crippen LogP contribution is 2.46. The fraction of sp³-hybridized carbons (Fsp3) is 0.319. The Morgan fingerprint density at radius 3 is 2.48 bits per heavy atom. The number of carboxylic acid groups (broad SMARTS) is 2. The molecule has 3 aliphatic rings. The van der Waals surface area contributed by atoms with Crippen molar-refractivity contribution in [2.24, 2.45) is 0 Å². The second-order valence-corrected chi connectivity index (χ2v) is 20.5. The first-order valence-electron chi connectivity index (χ1n) is 21.5. The van der Waals surface area contributed by atoms with Crippen LogP contribution in [-0.4, -0.2) is 95.9 Å². The van der Waals surface area contributed by atoms with E-state index in [1.807, 2.05) is 44.2 Å². The van der Waals surface area contributed by atoms with Gasteiger partial charge in [-0.3, -0.25) is 24.6 Å². The summed E-state index contributed by atoms with van der Waals surface area (Å²) in [6.07, 6.45) is 2.54. The number of piperidine rings is 2. The maximum absolute atomic E-state index is 14.0. The van der Waals surface area contributed by atoms with Crippen LogP contribution < -0.4 is 30.9 Å². The molecule has 5 amide bonds. The van der Waals surface area contributed by atoms with Gasteiger partial charge >= 0.3 is 18.0 Å². The van der Waals surface area contributed by atoms with E-state index in [1.54, 1.807) is 48.5 Å². The second kappa shape index (κ2) is 19.0. The fourth-order valence-corrected chi connectivity index (χ4v) is 12.6. The lowest BCUT2D eigenvalue weighted by Gasteiger charge is -2.45. The first-order valence-corrected chi connectivity index (χ1v) is 24.3. The number of carbonyl (C=O) groups excluding carboxylic acids is 4. The Hall–Kier alpha value is -6.54. The fourth-order valence-electron chi connectivity index (χ4n) is 9.20. The van der Waals surface area contributed by atoms with Gasteiger partial charge in [0.25, 0.3) is 5.91 Å². The molecule has 350 valence electrons. The predicted octanol–water partition coefficient (Wildman–Crippen LogP) is 7.09. The number of nitrogens with zero attached hydrogens (tertiary/aromatic N) is 2. The monoisotopic (exact) mass is 970 g/mol. The zero-order valence-electron chi connectivity index (χ0n) is 36.4. The Labute approximate surface area is 394 Å². The number of amides is 5. The summed E-state index contributed by atoms with van der Waals surface area (Å²) in [4.78, 5) is 75.6. The van der Waals surface area contributed by atoms with Crippen LogP contribution in [0.5, 0.6) is 5.75 Å². The summed E-state index contributed by atoms with van der Waals surface area (Å²) in [6, 6.07) is 21.8. The number of thiophene rings is 1. The average molecular weight is 972 g/mol. The third kappa shape index (κ3) is 9.95. The van der Waals surface area contributed by atoms with E-state index in [1.165, 1.54) is 9.21 Å². The molecule has 3 aliphatic heterocycles. The summed E-state index contributed by atoms with van der Waals surface area (Å²) < 4.78 is 34.7. The quantitative estimate of drug-likeness (QED) is 0.0429. The van der Waals surface area contributed by atoms with Gasteiger partial charge < -0.3 is 30.9 Å². The van der Waals surface area contributed by atoms with E-state index in [4.69, 9.17) is 21.4 Å². The number of hydrogen-bond donors (Lipinski definition) is 6. The number of carbonyl (C=O) groups is 6. The number of aliphatic carboxylic acids is 1. The highest BCUT2D eigenvalue weighted by Gasteiger charge is 2.43. The zero-order chi connectivity index (χ0) is 47.8. The number of hydrogen-bond acceptors (Lipinski definition) is 11. The summed E-state index contributed by atoms with van der Waals surface area (Å²) in [7, 11) is -3.81. The normalized spacial score (nSPS) is 18.1. The van der Waals surface area contributed by atoms with Crippen molar-refractivity contribution in [1.82, 2.24) is 14.9 Å². The number of sulfonamides is 1. The first-order chi connectivity index (χ1) is 31.9. The van der Waals surface area contributed by atoms with Gasteiger partial charge in [0.2, 0.25) is 21.8 Å². The molecule has 4 aromatic carbocycles. The van der Waals surface area contributed by atoms with Crippen LogP contribution in [0.1, 0.15) is 77.1 Å². The van der Waals surface area contributed by atoms with E-state index in [-0.39, 0.29) is 58.6 Å². The smallest absolute Gasteiger partial charge is 0.349 e. The molecule has 67 heavy (non-hydrogen) atoms. The molecule has 6 N–H and O–H groups in total. The topological polar surface area (TPSA) is 241 Å². The van der Waals surface area contributed by atoms with Crippen molar-refractivity contribution in [1.29, 1.82) is 0 Å². The lowest BCUT2D eigenvalue weighted by Crippen LogP contribution is -2.55. The standard InChI is InChI=1S/C47H47ClN6O11S2/c1-47(2)23-31(50-30-11-4-8-28(22-30)41-39(48)40(65-24-37(56)57)42(66-41)45(60)61)18-20-53(47)67(63,64)25-26-7-3-10-29(21-26)51-46(62)49-19-6-9-27-14-15-33-38-32(27)12-5-13-34(38)54(44(33)59)35-16-17-36(55)52-43(35)58/h3-5,7-8,10-15,21-22,31,35,50H,6,9,16-20,23-25H2,1-2H3,(H,56,57)(H,60,61)(H2,49,51,62)(H,52,55,58)/t31-,35?/m0/s1. The van der Waals surface area contributed by atoms with E-state index >= 15 is 0 Å². The Morgan fingerprint density at radius 2 is 1.73 bits per heavy atom. The highest BCUT2D eigenvalue weighted by atomic mass is 35.5. The molecule has 2 saturated heterocycles. The number of anilines is 3. The Morgan fingerprint density at radius 1 is 0.970 bits per heavy atom. The van der Waals surface area contributed by atoms with Gasteiger partial charge in [0.05, 0.1) is 16.3 Å². The number of ether oxygens (including phenoxy) is 1. The van der Waals surface area contributed by atoms with Crippen molar-refractivity contribution < 1.29 is 52.1 Å². The largest absolute Gasteiger partial charge is 0.479 e. The maximum Gasteiger partial charge on any atom is 0.349 e. The van der Waals surface area contributed by atoms with Gasteiger partial charge in [-0.25, -0.2) is 22.8 Å². The number of rotatable bonds is 16. The number of aryl methyl sites for hydroxylation is 1. The van der Waals surface area contributed by atoms with E-state index in [0.717, 1.165) is 27.7 Å². The molecule has 0 bridgehead atoms. The molecule has 1 unspecified atom stereocenters. The number of benzene rings is 4. The molecule has 4 heterocycles. The van der Waals surface area contributed by atoms with Gasteiger partial charge in [-0.2, -0.15) is 4.31 Å². The Kier molecular flexibility index (Phi) is 13.3. The number of nitrogens with one attached hydrogen (secondary N) is 4. The van der Waals surface area contributed by atoms with Gasteiger partial charge in [-0.15, -0.1) is 11.3 Å². The molecule has 8 rings (SSSR count). The summed E-state index contributed by atoms with van der Waals surface area (Å²) in [5.41, 5.74) is 3.57. The van der Waals surface area contributed by atoms with Gasteiger partial charge in [0.1, 0.15) is 11.1 Å². The van der Waals surface area contributed by atoms with Crippen LogP contribution >= 0.6 is 22.9 Å². The maximum atomic E-state index is 14.0. The number of urea groups is 1. The van der Waals surface area contributed by atoms with Crippen molar-refractivity contribution in [3.05, 3.63) is 105 Å². The molecule has 0 aliphatic carbocycles. The van der Waals surface area contributed by atoms with Crippen LogP contribution in [0.3, 0.4) is 0 Å².